The monoisotopic (exact) mass is 484 g/mol. The van der Waals surface area contributed by atoms with Crippen molar-refractivity contribution in [3.05, 3.63) is 101 Å². The number of aryl methyl sites for hydroxylation is 1. The number of hydrogen-bond acceptors (Lipinski definition) is 4. The van der Waals surface area contributed by atoms with Crippen molar-refractivity contribution in [3.63, 3.8) is 0 Å². The van der Waals surface area contributed by atoms with Gasteiger partial charge in [-0.25, -0.2) is 9.37 Å². The highest BCUT2D eigenvalue weighted by Gasteiger charge is 2.24. The van der Waals surface area contributed by atoms with E-state index in [1.54, 1.807) is 23.2 Å². The molecule has 2 aliphatic rings. The lowest BCUT2D eigenvalue weighted by molar-refractivity contribution is -0.132. The molecule has 5 rings (SSSR count). The quantitative estimate of drug-likeness (QED) is 0.494. The zero-order valence-electron chi connectivity index (χ0n) is 20.2. The maximum atomic E-state index is 15.1. The molecule has 0 fully saturated rings. The molecule has 184 valence electrons. The van der Waals surface area contributed by atoms with E-state index in [0.717, 1.165) is 17.4 Å². The number of fused-ring (bicyclic) bond motifs is 1. The van der Waals surface area contributed by atoms with Crippen LogP contribution in [0.4, 0.5) is 4.39 Å². The van der Waals surface area contributed by atoms with Crippen molar-refractivity contribution < 1.29 is 13.9 Å². The summed E-state index contributed by atoms with van der Waals surface area (Å²) in [4.78, 5) is 22.1. The third-order valence-corrected chi connectivity index (χ3v) is 6.62. The molecule has 36 heavy (non-hydrogen) atoms. The van der Waals surface area contributed by atoms with Gasteiger partial charge < -0.3 is 20.4 Å². The van der Waals surface area contributed by atoms with Gasteiger partial charge in [0.15, 0.2) is 11.6 Å². The summed E-state index contributed by atoms with van der Waals surface area (Å²) in [6.45, 7) is 3.09. The maximum absolute atomic E-state index is 15.1. The summed E-state index contributed by atoms with van der Waals surface area (Å²) >= 11 is 0. The average molecular weight is 485 g/mol. The van der Waals surface area contributed by atoms with Crippen LogP contribution < -0.4 is 10.5 Å². The number of nitrogens with zero attached hydrogens (tertiary/aromatic N) is 2. The van der Waals surface area contributed by atoms with Crippen LogP contribution in [0.15, 0.2) is 90.3 Å². The Balaban J connectivity index is 1.22. The summed E-state index contributed by atoms with van der Waals surface area (Å²) in [7, 11) is 0. The zero-order valence-corrected chi connectivity index (χ0v) is 20.2. The van der Waals surface area contributed by atoms with Crippen molar-refractivity contribution in [3.8, 4) is 5.75 Å². The van der Waals surface area contributed by atoms with Gasteiger partial charge in [-0.1, -0.05) is 42.5 Å². The van der Waals surface area contributed by atoms with E-state index in [9.17, 15) is 4.79 Å². The first-order valence-corrected chi connectivity index (χ1v) is 12.2. The average Bonchev–Trinajstić information content (AvgIpc) is 3.20. The van der Waals surface area contributed by atoms with E-state index in [2.05, 4.69) is 28.2 Å². The second-order valence-corrected chi connectivity index (χ2v) is 9.12. The first-order valence-electron chi connectivity index (χ1n) is 12.2. The minimum Gasteiger partial charge on any atom is -0.454 e. The summed E-state index contributed by atoms with van der Waals surface area (Å²) in [6, 6.07) is 11.2. The molecule has 0 unspecified atom stereocenters. The molecule has 1 aliphatic heterocycles. The lowest BCUT2D eigenvalue weighted by atomic mass is 9.98. The van der Waals surface area contributed by atoms with Gasteiger partial charge in [0.25, 0.3) is 0 Å². The molecule has 1 aliphatic carbocycles. The molecule has 7 heteroatoms. The SMILES string of the molecule is Cc1c[nH]c2nccc(OC3=CCC=C(C[C@H](N)C(=O)N4CC=C(c5ccccc5)CC4)C=C3F)c12. The number of benzene rings is 1. The number of ether oxygens (including phenoxy) is 1. The van der Waals surface area contributed by atoms with Crippen molar-refractivity contribution in [1.29, 1.82) is 0 Å². The van der Waals surface area contributed by atoms with E-state index in [1.165, 1.54) is 17.2 Å². The smallest absolute Gasteiger partial charge is 0.240 e. The molecule has 6 nitrogen and oxygen atoms in total. The van der Waals surface area contributed by atoms with E-state index < -0.39 is 11.9 Å². The number of H-pyrrole nitrogens is 1. The normalized spacial score (nSPS) is 17.0. The molecule has 3 N–H and O–H groups in total. The Morgan fingerprint density at radius 2 is 2.06 bits per heavy atom. The Bertz CT molecular complexity index is 1400. The number of halogens is 1. The predicted octanol–water partition coefficient (Wildman–Crippen LogP) is 5.35. The molecule has 2 aromatic heterocycles. The van der Waals surface area contributed by atoms with E-state index in [0.29, 0.717) is 36.5 Å². The molecule has 0 saturated heterocycles. The molecule has 3 aromatic rings. The van der Waals surface area contributed by atoms with Crippen LogP contribution in [0, 0.1) is 6.92 Å². The number of aromatic nitrogens is 2. The lowest BCUT2D eigenvalue weighted by Gasteiger charge is -2.29. The van der Waals surface area contributed by atoms with Gasteiger partial charge in [-0.2, -0.15) is 0 Å². The molecule has 1 amide bonds. The van der Waals surface area contributed by atoms with Crippen LogP contribution in [0.1, 0.15) is 30.4 Å². The van der Waals surface area contributed by atoms with Gasteiger partial charge >= 0.3 is 0 Å². The molecule has 0 radical (unpaired) electrons. The summed E-state index contributed by atoms with van der Waals surface area (Å²) in [6.07, 6.45) is 12.1. The Labute approximate surface area is 209 Å². The van der Waals surface area contributed by atoms with Crippen LogP contribution in [-0.4, -0.2) is 39.9 Å². The number of carbonyl (C=O) groups excluding carboxylic acids is 1. The molecular weight excluding hydrogens is 455 g/mol. The Kier molecular flexibility index (Phi) is 6.82. The third-order valence-electron chi connectivity index (χ3n) is 6.62. The van der Waals surface area contributed by atoms with Gasteiger partial charge in [0.1, 0.15) is 11.4 Å². The summed E-state index contributed by atoms with van der Waals surface area (Å²) in [5, 5.41) is 0.822. The number of pyridine rings is 1. The van der Waals surface area contributed by atoms with Crippen molar-refractivity contribution in [2.45, 2.75) is 32.2 Å². The van der Waals surface area contributed by atoms with E-state index >= 15 is 4.39 Å². The van der Waals surface area contributed by atoms with Crippen LogP contribution in [0.5, 0.6) is 5.75 Å². The van der Waals surface area contributed by atoms with Gasteiger partial charge in [0.05, 0.1) is 11.4 Å². The highest BCUT2D eigenvalue weighted by Crippen LogP contribution is 2.31. The zero-order chi connectivity index (χ0) is 25.1. The fourth-order valence-corrected chi connectivity index (χ4v) is 4.69. The summed E-state index contributed by atoms with van der Waals surface area (Å²) < 4.78 is 21.1. The molecule has 0 saturated carbocycles. The van der Waals surface area contributed by atoms with Crippen molar-refractivity contribution >= 4 is 22.5 Å². The number of hydrogen-bond donors (Lipinski definition) is 2. The molecule has 3 heterocycles. The second kappa shape index (κ2) is 10.3. The third kappa shape index (κ3) is 5.02. The molecule has 1 atom stereocenters. The van der Waals surface area contributed by atoms with Crippen LogP contribution in [-0.2, 0) is 4.79 Å². The molecule has 0 spiro atoms. The molecule has 1 aromatic carbocycles. The van der Waals surface area contributed by atoms with E-state index in [-0.39, 0.29) is 18.1 Å². The van der Waals surface area contributed by atoms with Gasteiger partial charge in [-0.15, -0.1) is 0 Å². The summed E-state index contributed by atoms with van der Waals surface area (Å²) in [5.74, 6) is 0.0644. The van der Waals surface area contributed by atoms with Crippen molar-refractivity contribution in [2.24, 2.45) is 5.73 Å². The van der Waals surface area contributed by atoms with Crippen LogP contribution >= 0.6 is 0 Å². The maximum Gasteiger partial charge on any atom is 0.240 e. The van der Waals surface area contributed by atoms with E-state index in [4.69, 9.17) is 10.5 Å². The number of nitrogens with two attached hydrogens (primary N) is 1. The highest BCUT2D eigenvalue weighted by molar-refractivity contribution is 5.86. The number of carbonyl (C=O) groups is 1. The van der Waals surface area contributed by atoms with Crippen LogP contribution in [0.3, 0.4) is 0 Å². The van der Waals surface area contributed by atoms with Crippen molar-refractivity contribution in [1.82, 2.24) is 14.9 Å². The number of allylic oxidation sites excluding steroid dienone is 4. The van der Waals surface area contributed by atoms with Gasteiger partial charge in [0, 0.05) is 25.5 Å². The topological polar surface area (TPSA) is 84.2 Å². The minimum absolute atomic E-state index is 0.121. The fourth-order valence-electron chi connectivity index (χ4n) is 4.69. The highest BCUT2D eigenvalue weighted by atomic mass is 19.1. The predicted molar refractivity (Wildman–Crippen MR) is 140 cm³/mol. The number of amides is 1. The van der Waals surface area contributed by atoms with Crippen LogP contribution in [0.25, 0.3) is 16.6 Å². The largest absolute Gasteiger partial charge is 0.454 e. The Morgan fingerprint density at radius 3 is 2.83 bits per heavy atom. The van der Waals surface area contributed by atoms with Crippen molar-refractivity contribution in [2.75, 3.05) is 13.1 Å². The van der Waals surface area contributed by atoms with Gasteiger partial charge in [0.2, 0.25) is 5.91 Å². The minimum atomic E-state index is -0.739. The Morgan fingerprint density at radius 1 is 1.22 bits per heavy atom. The second-order valence-electron chi connectivity index (χ2n) is 9.12. The number of nitrogens with one attached hydrogen (secondary N) is 1. The van der Waals surface area contributed by atoms with E-state index in [1.807, 2.05) is 37.4 Å². The number of rotatable bonds is 6. The first-order chi connectivity index (χ1) is 17.5. The molecular formula is C29H29FN4O2. The molecule has 0 bridgehead atoms. The van der Waals surface area contributed by atoms with Gasteiger partial charge in [-0.3, -0.25) is 4.79 Å². The fraction of sp³-hybridized carbons (Fsp3) is 0.241. The van der Waals surface area contributed by atoms with Gasteiger partial charge in [-0.05, 0) is 66.7 Å². The Hall–Kier alpha value is -3.97. The van der Waals surface area contributed by atoms with Crippen LogP contribution in [0.2, 0.25) is 0 Å². The lowest BCUT2D eigenvalue weighted by Crippen LogP contribution is -2.45. The number of aromatic amines is 1. The standard InChI is InChI=1S/C29H29FN4O2/c1-19-18-33-28-27(19)26(10-13-32-28)36-25-9-5-6-20(16-23(25)30)17-24(31)29(35)34-14-11-22(12-15-34)21-7-3-2-4-8-21/h2-4,6-11,13,16,18,24H,5,12,14-15,17,31H2,1H3,(H,32,33)/t24-/m0/s1. The first kappa shape index (κ1) is 23.8. The summed E-state index contributed by atoms with van der Waals surface area (Å²) in [5.41, 5.74) is 11.0.